The molecule has 0 bridgehead atoms. The third-order valence-electron chi connectivity index (χ3n) is 3.09. The van der Waals surface area contributed by atoms with Gasteiger partial charge in [0.1, 0.15) is 0 Å². The van der Waals surface area contributed by atoms with Gasteiger partial charge in [-0.3, -0.25) is 0 Å². The molecule has 4 heteroatoms. The van der Waals surface area contributed by atoms with Crippen molar-refractivity contribution in [1.29, 1.82) is 0 Å². The first-order chi connectivity index (χ1) is 8.35. The third kappa shape index (κ3) is 3.46. The summed E-state index contributed by atoms with van der Waals surface area (Å²) in [5.74, 6) is 0. The van der Waals surface area contributed by atoms with E-state index in [4.69, 9.17) is 23.2 Å². The second-order valence-electron chi connectivity index (χ2n) is 6.13. The van der Waals surface area contributed by atoms with Gasteiger partial charge in [0.05, 0.1) is 21.4 Å². The molecular weight excluding hydrogens is 267 g/mol. The summed E-state index contributed by atoms with van der Waals surface area (Å²) in [7, 11) is 0. The van der Waals surface area contributed by atoms with Crippen LogP contribution >= 0.6 is 23.2 Å². The molecule has 1 aliphatic rings. The lowest BCUT2D eigenvalue weighted by atomic mass is 9.87. The van der Waals surface area contributed by atoms with Gasteiger partial charge in [0.25, 0.3) is 0 Å². The Bertz CT molecular complexity index is 438. The molecule has 0 spiro atoms. The van der Waals surface area contributed by atoms with Crippen molar-refractivity contribution in [2.24, 2.45) is 5.41 Å². The van der Waals surface area contributed by atoms with E-state index >= 15 is 0 Å². The molecule has 2 nitrogen and oxygen atoms in total. The van der Waals surface area contributed by atoms with Crippen LogP contribution in [0.1, 0.15) is 33.6 Å². The molecule has 2 rings (SSSR count). The standard InChI is InChI=1S/C14H20Cl2N2/c1-14(2,3)8-9-4-5-17-12-6-10(15)11(16)7-13(12)18-9/h6-7,9,17-18H,4-5,8H2,1-3H3. The minimum absolute atomic E-state index is 0.318. The Morgan fingerprint density at radius 2 is 1.78 bits per heavy atom. The van der Waals surface area contributed by atoms with Gasteiger partial charge in [-0.1, -0.05) is 44.0 Å². The second kappa shape index (κ2) is 5.18. The van der Waals surface area contributed by atoms with Gasteiger partial charge < -0.3 is 10.6 Å². The summed E-state index contributed by atoms with van der Waals surface area (Å²) in [5, 5.41) is 8.18. The first-order valence-corrected chi connectivity index (χ1v) is 7.10. The number of fused-ring (bicyclic) bond motifs is 1. The maximum Gasteiger partial charge on any atom is 0.0614 e. The normalized spacial score (nSPS) is 19.5. The monoisotopic (exact) mass is 286 g/mol. The van der Waals surface area contributed by atoms with Crippen molar-refractivity contribution in [3.05, 3.63) is 22.2 Å². The van der Waals surface area contributed by atoms with Crippen molar-refractivity contribution in [2.75, 3.05) is 17.2 Å². The molecule has 0 saturated carbocycles. The van der Waals surface area contributed by atoms with Gasteiger partial charge in [-0.15, -0.1) is 0 Å². The van der Waals surface area contributed by atoms with Crippen LogP contribution in [-0.4, -0.2) is 12.6 Å². The molecule has 1 aliphatic heterocycles. The molecule has 0 amide bonds. The first-order valence-electron chi connectivity index (χ1n) is 6.34. The van der Waals surface area contributed by atoms with Gasteiger partial charge in [-0.2, -0.15) is 0 Å². The zero-order chi connectivity index (χ0) is 13.3. The van der Waals surface area contributed by atoms with Crippen LogP contribution in [0.4, 0.5) is 11.4 Å². The van der Waals surface area contributed by atoms with Gasteiger partial charge in [-0.05, 0) is 30.4 Å². The lowest BCUT2D eigenvalue weighted by Crippen LogP contribution is -2.25. The highest BCUT2D eigenvalue weighted by atomic mass is 35.5. The zero-order valence-corrected chi connectivity index (χ0v) is 12.6. The minimum atomic E-state index is 0.318. The Morgan fingerprint density at radius 3 is 2.39 bits per heavy atom. The maximum absolute atomic E-state index is 6.08. The first kappa shape index (κ1) is 13.8. The summed E-state index contributed by atoms with van der Waals surface area (Å²) in [6.45, 7) is 7.76. The van der Waals surface area contributed by atoms with E-state index in [1.165, 1.54) is 0 Å². The summed E-state index contributed by atoms with van der Waals surface area (Å²) in [4.78, 5) is 0. The largest absolute Gasteiger partial charge is 0.383 e. The van der Waals surface area contributed by atoms with Gasteiger partial charge in [0.15, 0.2) is 0 Å². The molecule has 18 heavy (non-hydrogen) atoms. The van der Waals surface area contributed by atoms with Gasteiger partial charge in [0.2, 0.25) is 0 Å². The number of hydrogen-bond acceptors (Lipinski definition) is 2. The fraction of sp³-hybridized carbons (Fsp3) is 0.571. The summed E-state index contributed by atoms with van der Waals surface area (Å²) >= 11 is 12.1. The number of benzene rings is 1. The zero-order valence-electron chi connectivity index (χ0n) is 11.1. The lowest BCUT2D eigenvalue weighted by molar-refractivity contribution is 0.345. The molecule has 0 aliphatic carbocycles. The van der Waals surface area contributed by atoms with Crippen LogP contribution < -0.4 is 10.6 Å². The van der Waals surface area contributed by atoms with Crippen molar-refractivity contribution < 1.29 is 0 Å². The Labute approximate surface area is 119 Å². The number of hydrogen-bond donors (Lipinski definition) is 2. The maximum atomic E-state index is 6.08. The molecule has 0 fully saturated rings. The van der Waals surface area contributed by atoms with Crippen LogP contribution in [0.5, 0.6) is 0 Å². The Morgan fingerprint density at radius 1 is 1.17 bits per heavy atom. The fourth-order valence-corrected chi connectivity index (χ4v) is 2.71. The Hall–Kier alpha value is -0.600. The van der Waals surface area contributed by atoms with E-state index in [9.17, 15) is 0 Å². The summed E-state index contributed by atoms with van der Waals surface area (Å²) in [6.07, 6.45) is 2.23. The van der Waals surface area contributed by atoms with Gasteiger partial charge in [0, 0.05) is 12.6 Å². The van der Waals surface area contributed by atoms with E-state index in [-0.39, 0.29) is 0 Å². The summed E-state index contributed by atoms with van der Waals surface area (Å²) < 4.78 is 0. The van der Waals surface area contributed by atoms with E-state index in [1.54, 1.807) is 0 Å². The predicted octanol–water partition coefficient (Wildman–Crippen LogP) is 5.03. The molecule has 0 saturated heterocycles. The molecule has 0 aromatic heterocycles. The number of rotatable bonds is 1. The smallest absolute Gasteiger partial charge is 0.0614 e. The highest BCUT2D eigenvalue weighted by Gasteiger charge is 2.22. The van der Waals surface area contributed by atoms with E-state index in [2.05, 4.69) is 31.4 Å². The van der Waals surface area contributed by atoms with Crippen molar-refractivity contribution >= 4 is 34.6 Å². The van der Waals surface area contributed by atoms with E-state index in [0.29, 0.717) is 21.5 Å². The SMILES string of the molecule is CC(C)(C)CC1CCNc2cc(Cl)c(Cl)cc2N1. The molecule has 1 aromatic carbocycles. The quantitative estimate of drug-likeness (QED) is 0.757. The average molecular weight is 287 g/mol. The van der Waals surface area contributed by atoms with Crippen LogP contribution in [-0.2, 0) is 0 Å². The average Bonchev–Trinajstić information content (AvgIpc) is 2.38. The third-order valence-corrected chi connectivity index (χ3v) is 3.81. The second-order valence-corrected chi connectivity index (χ2v) is 6.95. The van der Waals surface area contributed by atoms with Crippen LogP contribution in [0.3, 0.4) is 0 Å². The van der Waals surface area contributed by atoms with Gasteiger partial charge in [-0.25, -0.2) is 0 Å². The van der Waals surface area contributed by atoms with E-state index in [1.807, 2.05) is 12.1 Å². The van der Waals surface area contributed by atoms with Gasteiger partial charge >= 0.3 is 0 Å². The number of halogens is 2. The van der Waals surface area contributed by atoms with Crippen molar-refractivity contribution in [3.8, 4) is 0 Å². The minimum Gasteiger partial charge on any atom is -0.383 e. The summed E-state index contributed by atoms with van der Waals surface area (Å²) in [6, 6.07) is 4.27. The van der Waals surface area contributed by atoms with E-state index < -0.39 is 0 Å². The molecule has 1 heterocycles. The van der Waals surface area contributed by atoms with Crippen LogP contribution in [0, 0.1) is 5.41 Å². The lowest BCUT2D eigenvalue weighted by Gasteiger charge is -2.26. The highest BCUT2D eigenvalue weighted by molar-refractivity contribution is 6.42. The highest BCUT2D eigenvalue weighted by Crippen LogP contribution is 2.36. The molecule has 1 unspecified atom stereocenters. The molecule has 100 valence electrons. The van der Waals surface area contributed by atoms with Crippen LogP contribution in [0.15, 0.2) is 12.1 Å². The molecule has 2 N–H and O–H groups in total. The summed E-state index contributed by atoms with van der Waals surface area (Å²) in [5.41, 5.74) is 2.41. The number of nitrogens with one attached hydrogen (secondary N) is 2. The molecule has 1 atom stereocenters. The molecular formula is C14H20Cl2N2. The van der Waals surface area contributed by atoms with Crippen molar-refractivity contribution in [2.45, 2.75) is 39.7 Å². The molecule has 0 radical (unpaired) electrons. The predicted molar refractivity (Wildman–Crippen MR) is 81.1 cm³/mol. The van der Waals surface area contributed by atoms with Crippen molar-refractivity contribution in [3.63, 3.8) is 0 Å². The van der Waals surface area contributed by atoms with Crippen LogP contribution in [0.25, 0.3) is 0 Å². The van der Waals surface area contributed by atoms with E-state index in [0.717, 1.165) is 30.8 Å². The molecule has 1 aromatic rings. The Kier molecular flexibility index (Phi) is 3.98. The van der Waals surface area contributed by atoms with Crippen LogP contribution in [0.2, 0.25) is 10.0 Å². The van der Waals surface area contributed by atoms with Crippen molar-refractivity contribution in [1.82, 2.24) is 0 Å². The Balaban J connectivity index is 2.21. The number of anilines is 2. The topological polar surface area (TPSA) is 24.1 Å². The fourth-order valence-electron chi connectivity index (χ4n) is 2.38.